The molecule has 0 N–H and O–H groups in total. The van der Waals surface area contributed by atoms with Crippen molar-refractivity contribution in [1.82, 2.24) is 0 Å². The molecule has 0 aliphatic heterocycles. The Morgan fingerprint density at radius 2 is 2.00 bits per heavy atom. The Labute approximate surface area is 52.3 Å². The Morgan fingerprint density at radius 3 is 2.38 bits per heavy atom. The topological polar surface area (TPSA) is 0 Å². The molecule has 1 saturated carbocycles. The zero-order valence-corrected chi connectivity index (χ0v) is 5.85. The Hall–Kier alpha value is 0. The van der Waals surface area contributed by atoms with Gasteiger partial charge in [-0.05, 0) is 24.7 Å². The normalized spacial score (nSPS) is 39.8. The zero-order valence-electron chi connectivity index (χ0n) is 5.85. The summed E-state index contributed by atoms with van der Waals surface area (Å²) in [5.74, 6) is 1.86. The average Bonchev–Trinajstić information content (AvgIpc) is 1.77. The summed E-state index contributed by atoms with van der Waals surface area (Å²) < 4.78 is 0. The van der Waals surface area contributed by atoms with Crippen molar-refractivity contribution in [2.24, 2.45) is 11.8 Å². The van der Waals surface area contributed by atoms with Gasteiger partial charge in [-0.2, -0.15) is 0 Å². The summed E-state index contributed by atoms with van der Waals surface area (Å²) in [4.78, 5) is 0. The Bertz CT molecular complexity index is 48.4. The molecule has 0 bridgehead atoms. The molecule has 0 spiro atoms. The van der Waals surface area contributed by atoms with E-state index in [1.807, 2.05) is 0 Å². The lowest BCUT2D eigenvalue weighted by Crippen LogP contribution is -2.09. The summed E-state index contributed by atoms with van der Waals surface area (Å²) in [5, 5.41) is 0. The first-order valence-corrected chi connectivity index (χ1v) is 3.62. The lowest BCUT2D eigenvalue weighted by molar-refractivity contribution is 0.380. The molecule has 0 heterocycles. The van der Waals surface area contributed by atoms with E-state index in [-0.39, 0.29) is 0 Å². The lowest BCUT2D eigenvalue weighted by Gasteiger charge is -2.21. The summed E-state index contributed by atoms with van der Waals surface area (Å²) in [5.41, 5.74) is 0. The number of rotatable bonds is 0. The summed E-state index contributed by atoms with van der Waals surface area (Å²) >= 11 is 0. The van der Waals surface area contributed by atoms with Crippen LogP contribution in [0.5, 0.6) is 0 Å². The third kappa shape index (κ3) is 1.50. The van der Waals surface area contributed by atoms with Crippen molar-refractivity contribution in [3.05, 3.63) is 6.42 Å². The maximum absolute atomic E-state index is 2.45. The van der Waals surface area contributed by atoms with Gasteiger partial charge < -0.3 is 0 Å². The lowest BCUT2D eigenvalue weighted by atomic mass is 9.84. The van der Waals surface area contributed by atoms with Crippen LogP contribution < -0.4 is 0 Å². The molecule has 1 aliphatic carbocycles. The third-order valence-electron chi connectivity index (χ3n) is 2.06. The minimum atomic E-state index is 0.895. The first-order chi connectivity index (χ1) is 3.79. The predicted molar refractivity (Wildman–Crippen MR) is 36.5 cm³/mol. The number of hydrogen-bond acceptors (Lipinski definition) is 0. The van der Waals surface area contributed by atoms with Crippen LogP contribution in [0.15, 0.2) is 0 Å². The van der Waals surface area contributed by atoms with Gasteiger partial charge in [0.1, 0.15) is 0 Å². The van der Waals surface area contributed by atoms with Gasteiger partial charge in [-0.1, -0.05) is 26.7 Å². The molecule has 1 rings (SSSR count). The van der Waals surface area contributed by atoms with Crippen molar-refractivity contribution < 1.29 is 0 Å². The van der Waals surface area contributed by atoms with E-state index in [1.165, 1.54) is 19.3 Å². The molecule has 1 fully saturated rings. The van der Waals surface area contributed by atoms with Gasteiger partial charge in [0, 0.05) is 0 Å². The van der Waals surface area contributed by atoms with Gasteiger partial charge in [-0.3, -0.25) is 0 Å². The molecule has 0 aromatic heterocycles. The van der Waals surface area contributed by atoms with Crippen LogP contribution in [0.2, 0.25) is 0 Å². The molecule has 8 heavy (non-hydrogen) atoms. The maximum atomic E-state index is 2.45. The molecule has 0 aromatic rings. The average molecular weight is 111 g/mol. The van der Waals surface area contributed by atoms with Crippen LogP contribution in [-0.2, 0) is 0 Å². The van der Waals surface area contributed by atoms with Gasteiger partial charge in [0.25, 0.3) is 0 Å². The highest BCUT2D eigenvalue weighted by Gasteiger charge is 2.13. The third-order valence-corrected chi connectivity index (χ3v) is 2.06. The van der Waals surface area contributed by atoms with E-state index in [1.54, 1.807) is 0 Å². The predicted octanol–water partition coefficient (Wildman–Crippen LogP) is 2.65. The molecule has 0 heteroatoms. The van der Waals surface area contributed by atoms with Crippen LogP contribution in [0, 0.1) is 18.3 Å². The molecular formula is C8H15. The largest absolute Gasteiger partial charge is 0.0625 e. The molecule has 1 radical (unpaired) electrons. The summed E-state index contributed by atoms with van der Waals surface area (Å²) in [7, 11) is 0. The second kappa shape index (κ2) is 2.52. The molecule has 2 unspecified atom stereocenters. The van der Waals surface area contributed by atoms with Gasteiger partial charge in [0.15, 0.2) is 0 Å². The highest BCUT2D eigenvalue weighted by molar-refractivity contribution is 4.80. The highest BCUT2D eigenvalue weighted by Crippen LogP contribution is 2.26. The van der Waals surface area contributed by atoms with Crippen molar-refractivity contribution in [3.63, 3.8) is 0 Å². The fourth-order valence-electron chi connectivity index (χ4n) is 1.25. The first kappa shape index (κ1) is 6.12. The quantitative estimate of drug-likeness (QED) is 0.451. The van der Waals surface area contributed by atoms with Crippen molar-refractivity contribution in [3.8, 4) is 0 Å². The second-order valence-corrected chi connectivity index (χ2v) is 3.13. The SMILES string of the molecule is CC1[CH]CC(C)CC1. The smallest absolute Gasteiger partial charge is 0.0355 e. The van der Waals surface area contributed by atoms with Crippen LogP contribution in [0.4, 0.5) is 0 Å². The minimum absolute atomic E-state index is 0.895. The Kier molecular flexibility index (Phi) is 1.93. The molecule has 47 valence electrons. The van der Waals surface area contributed by atoms with Crippen molar-refractivity contribution in [1.29, 1.82) is 0 Å². The van der Waals surface area contributed by atoms with Crippen LogP contribution >= 0.6 is 0 Å². The van der Waals surface area contributed by atoms with Crippen molar-refractivity contribution in [2.45, 2.75) is 33.1 Å². The van der Waals surface area contributed by atoms with Crippen LogP contribution in [0.3, 0.4) is 0 Å². The molecule has 1 aliphatic rings. The van der Waals surface area contributed by atoms with Crippen LogP contribution in [-0.4, -0.2) is 0 Å². The first-order valence-electron chi connectivity index (χ1n) is 3.62. The molecule has 0 saturated heterocycles. The fourth-order valence-corrected chi connectivity index (χ4v) is 1.25. The molecule has 0 aromatic carbocycles. The van der Waals surface area contributed by atoms with E-state index in [0.29, 0.717) is 0 Å². The van der Waals surface area contributed by atoms with Gasteiger partial charge in [0.2, 0.25) is 0 Å². The standard InChI is InChI=1S/C8H15/c1-7-3-5-8(2)6-4-7/h3,7-8H,4-6H2,1-2H3. The van der Waals surface area contributed by atoms with Gasteiger partial charge in [0.05, 0.1) is 0 Å². The molecule has 2 atom stereocenters. The van der Waals surface area contributed by atoms with Gasteiger partial charge in [-0.15, -0.1) is 0 Å². The van der Waals surface area contributed by atoms with E-state index in [2.05, 4.69) is 20.3 Å². The van der Waals surface area contributed by atoms with Gasteiger partial charge >= 0.3 is 0 Å². The van der Waals surface area contributed by atoms with Crippen LogP contribution in [0.25, 0.3) is 0 Å². The van der Waals surface area contributed by atoms with Crippen molar-refractivity contribution >= 4 is 0 Å². The van der Waals surface area contributed by atoms with E-state index in [9.17, 15) is 0 Å². The molecule has 0 amide bonds. The van der Waals surface area contributed by atoms with Crippen molar-refractivity contribution in [2.75, 3.05) is 0 Å². The monoisotopic (exact) mass is 111 g/mol. The summed E-state index contributed by atoms with van der Waals surface area (Å²) in [6, 6.07) is 0. The minimum Gasteiger partial charge on any atom is -0.0625 e. The van der Waals surface area contributed by atoms with E-state index in [4.69, 9.17) is 0 Å². The fraction of sp³-hybridized carbons (Fsp3) is 0.875. The maximum Gasteiger partial charge on any atom is -0.0355 e. The molecule has 0 nitrogen and oxygen atoms in total. The van der Waals surface area contributed by atoms with E-state index >= 15 is 0 Å². The summed E-state index contributed by atoms with van der Waals surface area (Å²) in [6.07, 6.45) is 6.66. The zero-order chi connectivity index (χ0) is 5.98. The van der Waals surface area contributed by atoms with E-state index < -0.39 is 0 Å². The Morgan fingerprint density at radius 1 is 1.25 bits per heavy atom. The Balaban J connectivity index is 2.19. The van der Waals surface area contributed by atoms with E-state index in [0.717, 1.165) is 11.8 Å². The second-order valence-electron chi connectivity index (χ2n) is 3.13. The highest BCUT2D eigenvalue weighted by atomic mass is 14.2. The number of hydrogen-bond donors (Lipinski definition) is 0. The molecular weight excluding hydrogens is 96.1 g/mol. The summed E-state index contributed by atoms with van der Waals surface area (Å²) in [6.45, 7) is 4.65. The van der Waals surface area contributed by atoms with Crippen LogP contribution in [0.1, 0.15) is 33.1 Å². The van der Waals surface area contributed by atoms with Gasteiger partial charge in [-0.25, -0.2) is 0 Å².